The lowest BCUT2D eigenvalue weighted by Gasteiger charge is -2.14. The zero-order valence-electron chi connectivity index (χ0n) is 17.1. The Balaban J connectivity index is 1.74. The molecule has 0 aromatic heterocycles. The molecule has 0 atom stereocenters. The van der Waals surface area contributed by atoms with Gasteiger partial charge >= 0.3 is 0 Å². The molecule has 0 N–H and O–H groups in total. The second-order valence-electron chi connectivity index (χ2n) is 7.37. The number of thioether (sulfide) groups is 1. The molecule has 2 amide bonds. The summed E-state index contributed by atoms with van der Waals surface area (Å²) in [6.45, 7) is 6.87. The Morgan fingerprint density at radius 3 is 2.45 bits per heavy atom. The van der Waals surface area contributed by atoms with E-state index in [9.17, 15) is 9.59 Å². The van der Waals surface area contributed by atoms with Gasteiger partial charge in [-0.3, -0.25) is 14.5 Å². The number of methoxy groups -OCH3 is 1. The summed E-state index contributed by atoms with van der Waals surface area (Å²) >= 11 is 0.971. The normalized spacial score (nSPS) is 15.5. The first kappa shape index (κ1) is 21.0. The van der Waals surface area contributed by atoms with Crippen LogP contribution in [0.5, 0.6) is 11.5 Å². The van der Waals surface area contributed by atoms with E-state index in [0.717, 1.165) is 22.9 Å². The molecular weight excluding hydrogens is 386 g/mol. The molecular formula is C23H25NO4S. The number of carbonyl (C=O) groups excluding carboxylic acids is 2. The molecule has 0 saturated carbocycles. The summed E-state index contributed by atoms with van der Waals surface area (Å²) in [6.07, 6.45) is 1.72. The zero-order chi connectivity index (χ0) is 21.0. The van der Waals surface area contributed by atoms with Crippen molar-refractivity contribution in [1.29, 1.82) is 0 Å². The van der Waals surface area contributed by atoms with E-state index in [-0.39, 0.29) is 17.1 Å². The first-order valence-corrected chi connectivity index (χ1v) is 10.3. The van der Waals surface area contributed by atoms with Crippen LogP contribution in [0, 0.1) is 12.8 Å². The number of hydrogen-bond acceptors (Lipinski definition) is 5. The van der Waals surface area contributed by atoms with E-state index in [0.29, 0.717) is 29.6 Å². The maximum Gasteiger partial charge on any atom is 0.293 e. The standard InChI is InChI=1S/C23H25NO4S/c1-15(2)13-24-22(25)21(29-23(24)26)12-18-9-10-19(20(11-18)27-4)28-14-17-7-5-16(3)6-8-17/h5-12,15H,13-14H2,1-4H3/b21-12-. The largest absolute Gasteiger partial charge is 0.493 e. The summed E-state index contributed by atoms with van der Waals surface area (Å²) in [4.78, 5) is 26.4. The predicted octanol–water partition coefficient (Wildman–Crippen LogP) is 5.27. The number of nitrogens with zero attached hydrogens (tertiary/aromatic N) is 1. The van der Waals surface area contributed by atoms with Gasteiger partial charge in [0.15, 0.2) is 11.5 Å². The average molecular weight is 412 g/mol. The number of aryl methyl sites for hydroxylation is 1. The summed E-state index contributed by atoms with van der Waals surface area (Å²) in [6, 6.07) is 13.6. The zero-order valence-corrected chi connectivity index (χ0v) is 17.9. The Hall–Kier alpha value is -2.73. The number of carbonyl (C=O) groups is 2. The number of benzene rings is 2. The van der Waals surface area contributed by atoms with E-state index in [1.165, 1.54) is 10.5 Å². The molecule has 6 heteroatoms. The highest BCUT2D eigenvalue weighted by atomic mass is 32.2. The van der Waals surface area contributed by atoms with Crippen LogP contribution in [-0.4, -0.2) is 29.7 Å². The summed E-state index contributed by atoms with van der Waals surface area (Å²) in [5.41, 5.74) is 3.05. The van der Waals surface area contributed by atoms with Gasteiger partial charge in [-0.2, -0.15) is 0 Å². The van der Waals surface area contributed by atoms with E-state index in [1.807, 2.05) is 57.2 Å². The molecule has 0 spiro atoms. The SMILES string of the molecule is COc1cc(/C=C2\SC(=O)N(CC(C)C)C2=O)ccc1OCc1ccc(C)cc1. The minimum atomic E-state index is -0.243. The van der Waals surface area contributed by atoms with Crippen molar-refractivity contribution in [3.05, 3.63) is 64.1 Å². The van der Waals surface area contributed by atoms with Crippen LogP contribution >= 0.6 is 11.8 Å². The lowest BCUT2D eigenvalue weighted by molar-refractivity contribution is -0.123. The Kier molecular flexibility index (Phi) is 6.64. The van der Waals surface area contributed by atoms with E-state index < -0.39 is 0 Å². The summed E-state index contributed by atoms with van der Waals surface area (Å²) in [5, 5.41) is -0.222. The summed E-state index contributed by atoms with van der Waals surface area (Å²) in [5.74, 6) is 1.19. The fourth-order valence-corrected chi connectivity index (χ4v) is 3.76. The van der Waals surface area contributed by atoms with Crippen LogP contribution in [0.15, 0.2) is 47.4 Å². The molecule has 2 aromatic rings. The van der Waals surface area contributed by atoms with Gasteiger partial charge in [0, 0.05) is 6.54 Å². The Labute approximate surface area is 175 Å². The molecule has 0 unspecified atom stereocenters. The van der Waals surface area contributed by atoms with Crippen LogP contribution in [0.2, 0.25) is 0 Å². The van der Waals surface area contributed by atoms with Crippen LogP contribution < -0.4 is 9.47 Å². The van der Waals surface area contributed by atoms with Gasteiger partial charge in [0.05, 0.1) is 12.0 Å². The fraction of sp³-hybridized carbons (Fsp3) is 0.304. The predicted molar refractivity (Wildman–Crippen MR) is 116 cm³/mol. The maximum absolute atomic E-state index is 12.5. The minimum absolute atomic E-state index is 0.222. The highest BCUT2D eigenvalue weighted by Gasteiger charge is 2.35. The van der Waals surface area contributed by atoms with Gasteiger partial charge in [-0.25, -0.2) is 0 Å². The Morgan fingerprint density at radius 2 is 1.79 bits per heavy atom. The van der Waals surface area contributed by atoms with Crippen molar-refractivity contribution in [1.82, 2.24) is 4.90 Å². The van der Waals surface area contributed by atoms with Crippen LogP contribution in [0.4, 0.5) is 4.79 Å². The highest BCUT2D eigenvalue weighted by molar-refractivity contribution is 8.18. The molecule has 29 heavy (non-hydrogen) atoms. The molecule has 1 saturated heterocycles. The molecule has 5 nitrogen and oxygen atoms in total. The van der Waals surface area contributed by atoms with Crippen LogP contribution in [0.25, 0.3) is 6.08 Å². The maximum atomic E-state index is 12.5. The molecule has 1 fully saturated rings. The van der Waals surface area contributed by atoms with Crippen molar-refractivity contribution >= 4 is 29.0 Å². The van der Waals surface area contributed by atoms with Gasteiger partial charge in [0.2, 0.25) is 0 Å². The molecule has 152 valence electrons. The van der Waals surface area contributed by atoms with Crippen molar-refractivity contribution in [3.63, 3.8) is 0 Å². The van der Waals surface area contributed by atoms with Crippen molar-refractivity contribution in [2.45, 2.75) is 27.4 Å². The van der Waals surface area contributed by atoms with Gasteiger partial charge in [-0.1, -0.05) is 49.7 Å². The van der Waals surface area contributed by atoms with Gasteiger partial charge in [0.1, 0.15) is 6.61 Å². The molecule has 0 radical (unpaired) electrons. The molecule has 1 aliphatic rings. The summed E-state index contributed by atoms with van der Waals surface area (Å²) in [7, 11) is 1.58. The fourth-order valence-electron chi connectivity index (χ4n) is 2.91. The molecule has 0 aliphatic carbocycles. The number of ether oxygens (including phenoxy) is 2. The monoisotopic (exact) mass is 411 g/mol. The Morgan fingerprint density at radius 1 is 1.07 bits per heavy atom. The van der Waals surface area contributed by atoms with E-state index in [4.69, 9.17) is 9.47 Å². The van der Waals surface area contributed by atoms with Gasteiger partial charge in [0.25, 0.3) is 11.1 Å². The molecule has 1 aliphatic heterocycles. The lowest BCUT2D eigenvalue weighted by atomic mass is 10.1. The molecule has 3 rings (SSSR count). The first-order valence-electron chi connectivity index (χ1n) is 9.49. The van der Waals surface area contributed by atoms with E-state index in [2.05, 4.69) is 0 Å². The molecule has 2 aromatic carbocycles. The molecule has 1 heterocycles. The second kappa shape index (κ2) is 9.18. The Bertz CT molecular complexity index is 934. The van der Waals surface area contributed by atoms with Gasteiger partial charge in [-0.05, 0) is 53.9 Å². The van der Waals surface area contributed by atoms with Crippen molar-refractivity contribution in [2.75, 3.05) is 13.7 Å². The summed E-state index contributed by atoms with van der Waals surface area (Å²) < 4.78 is 11.4. The first-order chi connectivity index (χ1) is 13.9. The van der Waals surface area contributed by atoms with E-state index in [1.54, 1.807) is 19.3 Å². The highest BCUT2D eigenvalue weighted by Crippen LogP contribution is 2.35. The number of imide groups is 1. The third-order valence-electron chi connectivity index (χ3n) is 4.42. The van der Waals surface area contributed by atoms with Crippen molar-refractivity contribution in [2.24, 2.45) is 5.92 Å². The average Bonchev–Trinajstić information content (AvgIpc) is 2.95. The van der Waals surface area contributed by atoms with Gasteiger partial charge < -0.3 is 9.47 Å². The van der Waals surface area contributed by atoms with Crippen molar-refractivity contribution in [3.8, 4) is 11.5 Å². The molecule has 0 bridgehead atoms. The number of rotatable bonds is 7. The number of hydrogen-bond donors (Lipinski definition) is 0. The third kappa shape index (κ3) is 5.21. The third-order valence-corrected chi connectivity index (χ3v) is 5.33. The van der Waals surface area contributed by atoms with Gasteiger partial charge in [-0.15, -0.1) is 0 Å². The second-order valence-corrected chi connectivity index (χ2v) is 8.36. The van der Waals surface area contributed by atoms with Crippen LogP contribution in [-0.2, 0) is 11.4 Å². The van der Waals surface area contributed by atoms with Crippen LogP contribution in [0.3, 0.4) is 0 Å². The van der Waals surface area contributed by atoms with Crippen LogP contribution in [0.1, 0.15) is 30.5 Å². The number of amides is 2. The lowest BCUT2D eigenvalue weighted by Crippen LogP contribution is -2.31. The topological polar surface area (TPSA) is 55.8 Å². The smallest absolute Gasteiger partial charge is 0.293 e. The van der Waals surface area contributed by atoms with E-state index >= 15 is 0 Å². The minimum Gasteiger partial charge on any atom is -0.493 e. The quantitative estimate of drug-likeness (QED) is 0.581. The van der Waals surface area contributed by atoms with Crippen molar-refractivity contribution < 1.29 is 19.1 Å².